The molecular formula is C19H24. The van der Waals surface area contributed by atoms with Crippen LogP contribution in [0.2, 0.25) is 0 Å². The van der Waals surface area contributed by atoms with Crippen molar-refractivity contribution in [3.05, 3.63) is 65.3 Å². The van der Waals surface area contributed by atoms with Crippen LogP contribution in [0.15, 0.2) is 54.1 Å². The first-order valence-corrected chi connectivity index (χ1v) is 7.38. The third kappa shape index (κ3) is 3.47. The van der Waals surface area contributed by atoms with E-state index in [0.717, 1.165) is 6.42 Å². The summed E-state index contributed by atoms with van der Waals surface area (Å²) in [5, 5.41) is 0. The molecule has 19 heavy (non-hydrogen) atoms. The molecule has 0 amide bonds. The fraction of sp³-hybridized carbons (Fsp3) is 0.368. The molecule has 0 bridgehead atoms. The smallest absolute Gasteiger partial charge is 0.00915 e. The van der Waals surface area contributed by atoms with Gasteiger partial charge in [0.05, 0.1) is 0 Å². The summed E-state index contributed by atoms with van der Waals surface area (Å²) in [5.41, 5.74) is 5.54. The topological polar surface area (TPSA) is 0 Å². The molecule has 0 aromatic heterocycles. The van der Waals surface area contributed by atoms with Gasteiger partial charge >= 0.3 is 0 Å². The fourth-order valence-electron chi connectivity index (χ4n) is 2.59. The van der Waals surface area contributed by atoms with Gasteiger partial charge in [0.1, 0.15) is 0 Å². The Bertz CT molecular complexity index is 497. The maximum Gasteiger partial charge on any atom is -0.00915 e. The predicted octanol–water partition coefficient (Wildman–Crippen LogP) is 5.88. The number of benzene rings is 1. The molecule has 1 aliphatic carbocycles. The lowest BCUT2D eigenvalue weighted by molar-refractivity contribution is 0.665. The van der Waals surface area contributed by atoms with E-state index in [4.69, 9.17) is 0 Å². The highest BCUT2D eigenvalue weighted by Gasteiger charge is 2.06. The van der Waals surface area contributed by atoms with Gasteiger partial charge in [-0.25, -0.2) is 0 Å². The van der Waals surface area contributed by atoms with Gasteiger partial charge in [-0.05, 0) is 48.0 Å². The zero-order chi connectivity index (χ0) is 13.7. The molecule has 2 rings (SSSR count). The van der Waals surface area contributed by atoms with Crippen LogP contribution < -0.4 is 0 Å². The van der Waals surface area contributed by atoms with Crippen LogP contribution >= 0.6 is 0 Å². The summed E-state index contributed by atoms with van der Waals surface area (Å²) in [6.07, 6.45) is 12.5. The van der Waals surface area contributed by atoms with Gasteiger partial charge in [0, 0.05) is 0 Å². The largest absolute Gasteiger partial charge is 0.0841 e. The fourth-order valence-corrected chi connectivity index (χ4v) is 2.59. The van der Waals surface area contributed by atoms with Crippen LogP contribution in [0.3, 0.4) is 0 Å². The summed E-state index contributed by atoms with van der Waals surface area (Å²) in [6, 6.07) is 9.10. The Labute approximate surface area is 117 Å². The van der Waals surface area contributed by atoms with Gasteiger partial charge in [-0.2, -0.15) is 0 Å². The van der Waals surface area contributed by atoms with Crippen molar-refractivity contribution < 1.29 is 0 Å². The predicted molar refractivity (Wildman–Crippen MR) is 85.3 cm³/mol. The molecule has 0 heterocycles. The van der Waals surface area contributed by atoms with Gasteiger partial charge in [0.25, 0.3) is 0 Å². The van der Waals surface area contributed by atoms with Crippen molar-refractivity contribution in [3.63, 3.8) is 0 Å². The number of rotatable bonds is 4. The van der Waals surface area contributed by atoms with Gasteiger partial charge in [0.15, 0.2) is 0 Å². The molecule has 0 fully saturated rings. The quantitative estimate of drug-likeness (QED) is 0.627. The van der Waals surface area contributed by atoms with Crippen molar-refractivity contribution in [1.29, 1.82) is 0 Å². The monoisotopic (exact) mass is 252 g/mol. The second kappa shape index (κ2) is 6.56. The highest BCUT2D eigenvalue weighted by atomic mass is 14.1. The first kappa shape index (κ1) is 13.9. The van der Waals surface area contributed by atoms with Crippen molar-refractivity contribution in [2.75, 3.05) is 0 Å². The Kier molecular flexibility index (Phi) is 4.79. The zero-order valence-electron chi connectivity index (χ0n) is 12.3. The molecule has 0 saturated heterocycles. The Morgan fingerprint density at radius 1 is 1.16 bits per heavy atom. The highest BCUT2D eigenvalue weighted by molar-refractivity contribution is 5.76. The molecule has 0 N–H and O–H groups in total. The average Bonchev–Trinajstić information content (AvgIpc) is 2.48. The van der Waals surface area contributed by atoms with E-state index >= 15 is 0 Å². The van der Waals surface area contributed by atoms with Gasteiger partial charge < -0.3 is 0 Å². The van der Waals surface area contributed by atoms with Gasteiger partial charge in [-0.1, -0.05) is 68.8 Å². The Morgan fingerprint density at radius 2 is 1.89 bits per heavy atom. The van der Waals surface area contributed by atoms with Gasteiger partial charge in [0.2, 0.25) is 0 Å². The zero-order valence-corrected chi connectivity index (χ0v) is 12.3. The summed E-state index contributed by atoms with van der Waals surface area (Å²) in [6.45, 7) is 6.67. The molecule has 0 unspecified atom stereocenters. The highest BCUT2D eigenvalue weighted by Crippen LogP contribution is 2.26. The van der Waals surface area contributed by atoms with Crippen LogP contribution in [0.4, 0.5) is 0 Å². The van der Waals surface area contributed by atoms with Crippen LogP contribution in [0.25, 0.3) is 5.57 Å². The third-order valence-electron chi connectivity index (χ3n) is 3.94. The van der Waals surface area contributed by atoms with E-state index in [1.54, 1.807) is 0 Å². The van der Waals surface area contributed by atoms with E-state index in [9.17, 15) is 0 Å². The van der Waals surface area contributed by atoms with Crippen LogP contribution in [-0.4, -0.2) is 0 Å². The minimum Gasteiger partial charge on any atom is -0.0841 e. The van der Waals surface area contributed by atoms with Crippen molar-refractivity contribution in [1.82, 2.24) is 0 Å². The lowest BCUT2D eigenvalue weighted by Crippen LogP contribution is -1.94. The number of hydrogen-bond donors (Lipinski definition) is 0. The molecule has 1 aromatic carbocycles. The SMILES string of the molecule is C/C=C1/C=CC(c2ccc([C@H](C)CCC)cc2)=CC1. The standard InChI is InChI=1S/C19H24/c1-4-6-15(3)17-11-13-19(14-12-17)18-9-7-16(5-2)8-10-18/h5,7,9-15H,4,6,8H2,1-3H3/b16-5-/t15-/m1/s1. The Morgan fingerprint density at radius 3 is 2.42 bits per heavy atom. The van der Waals surface area contributed by atoms with Crippen molar-refractivity contribution in [3.8, 4) is 0 Å². The molecule has 0 heteroatoms. The first-order chi connectivity index (χ1) is 9.24. The lowest BCUT2D eigenvalue weighted by atomic mass is 9.92. The van der Waals surface area contributed by atoms with E-state index < -0.39 is 0 Å². The van der Waals surface area contributed by atoms with Crippen LogP contribution in [0.5, 0.6) is 0 Å². The van der Waals surface area contributed by atoms with E-state index in [2.05, 4.69) is 69.3 Å². The third-order valence-corrected chi connectivity index (χ3v) is 3.94. The lowest BCUT2D eigenvalue weighted by Gasteiger charge is -2.13. The van der Waals surface area contributed by atoms with Crippen molar-refractivity contribution in [2.45, 2.75) is 46.0 Å². The van der Waals surface area contributed by atoms with Crippen molar-refractivity contribution in [2.24, 2.45) is 0 Å². The van der Waals surface area contributed by atoms with E-state index in [0.29, 0.717) is 5.92 Å². The molecule has 1 aromatic rings. The van der Waals surface area contributed by atoms with E-state index in [1.807, 2.05) is 0 Å². The molecule has 0 radical (unpaired) electrons. The van der Waals surface area contributed by atoms with Crippen LogP contribution in [-0.2, 0) is 0 Å². The average molecular weight is 252 g/mol. The Hall–Kier alpha value is -1.56. The summed E-state index contributed by atoms with van der Waals surface area (Å²) in [5.74, 6) is 0.671. The molecule has 0 aliphatic heterocycles. The number of hydrogen-bond acceptors (Lipinski definition) is 0. The molecule has 0 spiro atoms. The molecule has 1 atom stereocenters. The van der Waals surface area contributed by atoms with E-state index in [1.165, 1.54) is 35.1 Å². The summed E-state index contributed by atoms with van der Waals surface area (Å²) in [7, 11) is 0. The first-order valence-electron chi connectivity index (χ1n) is 7.38. The molecule has 100 valence electrons. The summed E-state index contributed by atoms with van der Waals surface area (Å²) >= 11 is 0. The maximum atomic E-state index is 2.32. The van der Waals surface area contributed by atoms with Gasteiger partial charge in [-0.15, -0.1) is 0 Å². The molecule has 0 nitrogen and oxygen atoms in total. The molecule has 1 aliphatic rings. The minimum atomic E-state index is 0.671. The molecular weight excluding hydrogens is 228 g/mol. The van der Waals surface area contributed by atoms with Crippen LogP contribution in [0.1, 0.15) is 57.1 Å². The summed E-state index contributed by atoms with van der Waals surface area (Å²) < 4.78 is 0. The minimum absolute atomic E-state index is 0.671. The number of allylic oxidation sites excluding steroid dienone is 6. The summed E-state index contributed by atoms with van der Waals surface area (Å²) in [4.78, 5) is 0. The maximum absolute atomic E-state index is 2.32. The normalized spacial score (nSPS) is 18.5. The Balaban J connectivity index is 2.11. The second-order valence-corrected chi connectivity index (χ2v) is 5.37. The molecule has 0 saturated carbocycles. The van der Waals surface area contributed by atoms with Crippen molar-refractivity contribution >= 4 is 5.57 Å². The van der Waals surface area contributed by atoms with Crippen LogP contribution in [0, 0.1) is 0 Å². The second-order valence-electron chi connectivity index (χ2n) is 5.37. The van der Waals surface area contributed by atoms with Gasteiger partial charge in [-0.3, -0.25) is 0 Å². The van der Waals surface area contributed by atoms with E-state index in [-0.39, 0.29) is 0 Å².